The van der Waals surface area contributed by atoms with Gasteiger partial charge in [-0.05, 0) is 6.08 Å². The lowest BCUT2D eigenvalue weighted by molar-refractivity contribution is -0.00541. The molecule has 0 atom stereocenters. The van der Waals surface area contributed by atoms with E-state index in [2.05, 4.69) is 4.79 Å². The van der Waals surface area contributed by atoms with Crippen LogP contribution in [0.2, 0.25) is 0 Å². The topological polar surface area (TPSA) is 90.8 Å². The molecule has 12 heavy (non-hydrogen) atoms. The second-order valence-electron chi connectivity index (χ2n) is 2.22. The maximum absolute atomic E-state index is 10.5. The Kier molecular flexibility index (Phi) is 2.23. The Balaban J connectivity index is 3.17. The van der Waals surface area contributed by atoms with Crippen LogP contribution < -0.4 is 0 Å². The molecule has 1 rings (SSSR count). The monoisotopic (exact) mass is 186 g/mol. The summed E-state index contributed by atoms with van der Waals surface area (Å²) in [4.78, 5) is 2.56. The van der Waals surface area contributed by atoms with Crippen LogP contribution in [-0.4, -0.2) is 23.5 Å². The quantitative estimate of drug-likeness (QED) is 0.364. The lowest BCUT2D eigenvalue weighted by Crippen LogP contribution is -2.07. The molecule has 1 aliphatic rings. The van der Waals surface area contributed by atoms with Gasteiger partial charge in [-0.15, -0.1) is 0 Å². The zero-order valence-electron chi connectivity index (χ0n) is 6.01. The van der Waals surface area contributed by atoms with Crippen LogP contribution in [0.3, 0.4) is 0 Å². The zero-order chi connectivity index (χ0) is 9.19. The summed E-state index contributed by atoms with van der Waals surface area (Å²) in [6, 6.07) is 0. The van der Waals surface area contributed by atoms with E-state index in [4.69, 9.17) is 10.1 Å². The van der Waals surface area contributed by atoms with Gasteiger partial charge in [-0.2, -0.15) is 13.2 Å². The highest BCUT2D eigenvalue weighted by Gasteiger charge is 2.17. The Labute approximate surface area is 69.4 Å². The van der Waals surface area contributed by atoms with E-state index in [1.54, 1.807) is 0 Å². The molecule has 0 aromatic rings. The van der Waals surface area contributed by atoms with Crippen LogP contribution in [-0.2, 0) is 10.1 Å². The average Bonchev–Trinajstić information content (AvgIpc) is 2.03. The van der Waals surface area contributed by atoms with Crippen LogP contribution in [0.5, 0.6) is 0 Å². The summed E-state index contributed by atoms with van der Waals surface area (Å²) in [5.74, 6) is 0. The van der Waals surface area contributed by atoms with Crippen molar-refractivity contribution in [1.29, 1.82) is 0 Å². The first kappa shape index (κ1) is 8.86. The van der Waals surface area contributed by atoms with E-state index in [1.807, 2.05) is 0 Å². The predicted molar refractivity (Wildman–Crippen MR) is 42.0 cm³/mol. The highest BCUT2D eigenvalue weighted by atomic mass is 32.2. The van der Waals surface area contributed by atoms with Crippen LogP contribution in [0.4, 0.5) is 0 Å². The van der Waals surface area contributed by atoms with E-state index in [0.29, 0.717) is 6.42 Å². The van der Waals surface area contributed by atoms with Crippen molar-refractivity contribution < 1.29 is 17.8 Å². The van der Waals surface area contributed by atoms with Gasteiger partial charge in [0.05, 0.1) is 6.42 Å². The molecule has 0 bridgehead atoms. The molecule has 0 saturated carbocycles. The molecule has 0 fully saturated rings. The Morgan fingerprint density at radius 2 is 2.25 bits per heavy atom. The molecular weight excluding hydrogens is 180 g/mol. The van der Waals surface area contributed by atoms with Crippen LogP contribution in [0.15, 0.2) is 23.1 Å². The standard InChI is InChI=1S/C6H6N2O3S/c7-8-5-2-1-3-6(4-5)12(9,10)11/h1,3-4H,2H2,(H,9,10,11). The summed E-state index contributed by atoms with van der Waals surface area (Å²) in [6.45, 7) is 0. The number of allylic oxidation sites excluding steroid dienone is 3. The number of hydrogen-bond acceptors (Lipinski definition) is 2. The largest absolute Gasteiger partial charge is 0.361 e. The SMILES string of the molecule is [N-]=[N+]=C1C=C(S(=O)(=O)O)C=CC1. The fourth-order valence-electron chi connectivity index (χ4n) is 0.797. The van der Waals surface area contributed by atoms with Crippen molar-refractivity contribution in [3.05, 3.63) is 28.7 Å². The summed E-state index contributed by atoms with van der Waals surface area (Å²) in [6.07, 6.45) is 4.20. The lowest BCUT2D eigenvalue weighted by atomic mass is 10.2. The van der Waals surface area contributed by atoms with Crippen molar-refractivity contribution in [2.24, 2.45) is 0 Å². The van der Waals surface area contributed by atoms with E-state index in [0.717, 1.165) is 6.08 Å². The molecule has 0 amide bonds. The van der Waals surface area contributed by atoms with Gasteiger partial charge in [0.15, 0.2) is 0 Å². The molecule has 0 radical (unpaired) electrons. The third-order valence-corrected chi connectivity index (χ3v) is 2.19. The van der Waals surface area contributed by atoms with Crippen molar-refractivity contribution in [2.45, 2.75) is 6.42 Å². The molecule has 0 aromatic carbocycles. The molecule has 5 nitrogen and oxygen atoms in total. The normalized spacial score (nSPS) is 17.1. The van der Waals surface area contributed by atoms with Gasteiger partial charge in [-0.1, -0.05) is 6.08 Å². The first-order chi connectivity index (χ1) is 5.54. The van der Waals surface area contributed by atoms with E-state index < -0.39 is 10.1 Å². The molecule has 0 saturated heterocycles. The number of nitrogens with zero attached hydrogens (tertiary/aromatic N) is 2. The lowest BCUT2D eigenvalue weighted by Gasteiger charge is -1.98. The molecule has 0 spiro atoms. The summed E-state index contributed by atoms with van der Waals surface area (Å²) in [7, 11) is -4.19. The number of hydrogen-bond donors (Lipinski definition) is 1. The maximum atomic E-state index is 10.5. The summed E-state index contributed by atoms with van der Waals surface area (Å²) in [5.41, 5.74) is 8.51. The molecule has 0 aromatic heterocycles. The van der Waals surface area contributed by atoms with Crippen LogP contribution in [0, 0.1) is 0 Å². The van der Waals surface area contributed by atoms with Crippen molar-refractivity contribution in [3.8, 4) is 0 Å². The predicted octanol–water partition coefficient (Wildman–Crippen LogP) is 0.389. The van der Waals surface area contributed by atoms with Gasteiger partial charge in [0.2, 0.25) is 0 Å². The van der Waals surface area contributed by atoms with Crippen molar-refractivity contribution in [1.82, 2.24) is 0 Å². The van der Waals surface area contributed by atoms with E-state index in [1.165, 1.54) is 12.2 Å². The van der Waals surface area contributed by atoms with Gasteiger partial charge >= 0.3 is 0 Å². The second-order valence-corrected chi connectivity index (χ2v) is 3.64. The first-order valence-corrected chi connectivity index (χ1v) is 4.54. The second kappa shape index (κ2) is 3.02. The minimum absolute atomic E-state index is 0.199. The van der Waals surface area contributed by atoms with Gasteiger partial charge in [0, 0.05) is 6.08 Å². The minimum Gasteiger partial charge on any atom is -0.361 e. The van der Waals surface area contributed by atoms with Crippen LogP contribution >= 0.6 is 0 Å². The highest BCUT2D eigenvalue weighted by Crippen LogP contribution is 2.11. The van der Waals surface area contributed by atoms with Crippen molar-refractivity contribution in [3.63, 3.8) is 0 Å². The zero-order valence-corrected chi connectivity index (χ0v) is 6.82. The molecule has 0 unspecified atom stereocenters. The van der Waals surface area contributed by atoms with Gasteiger partial charge in [0.1, 0.15) is 4.91 Å². The van der Waals surface area contributed by atoms with Crippen molar-refractivity contribution >= 4 is 15.8 Å². The smallest absolute Gasteiger partial charge is 0.297 e. The van der Waals surface area contributed by atoms with E-state index in [9.17, 15) is 8.42 Å². The summed E-state index contributed by atoms with van der Waals surface area (Å²) in [5, 5.41) is 0. The van der Waals surface area contributed by atoms with Gasteiger partial charge in [-0.25, -0.2) is 0 Å². The average molecular weight is 186 g/mol. The number of rotatable bonds is 1. The van der Waals surface area contributed by atoms with E-state index >= 15 is 0 Å². The van der Waals surface area contributed by atoms with Gasteiger partial charge in [-0.3, -0.25) is 4.55 Å². The Hall–Kier alpha value is -1.23. The van der Waals surface area contributed by atoms with Crippen LogP contribution in [0.25, 0.3) is 5.53 Å². The van der Waals surface area contributed by atoms with Crippen LogP contribution in [0.1, 0.15) is 6.42 Å². The third kappa shape index (κ3) is 1.88. The van der Waals surface area contributed by atoms with Crippen molar-refractivity contribution in [2.75, 3.05) is 0 Å². The highest BCUT2D eigenvalue weighted by molar-refractivity contribution is 7.90. The summed E-state index contributed by atoms with van der Waals surface area (Å²) < 4.78 is 29.7. The Morgan fingerprint density at radius 3 is 2.75 bits per heavy atom. The van der Waals surface area contributed by atoms with Gasteiger partial charge < -0.3 is 5.53 Å². The third-order valence-electron chi connectivity index (χ3n) is 1.34. The molecular formula is C6H6N2O3S. The minimum atomic E-state index is -4.19. The molecule has 0 heterocycles. The molecule has 64 valence electrons. The Bertz CT molecular complexity index is 399. The summed E-state index contributed by atoms with van der Waals surface area (Å²) >= 11 is 0. The Morgan fingerprint density at radius 1 is 1.58 bits per heavy atom. The van der Waals surface area contributed by atoms with Gasteiger partial charge in [0.25, 0.3) is 15.8 Å². The molecule has 1 N–H and O–H groups in total. The maximum Gasteiger partial charge on any atom is 0.297 e. The molecule has 1 aliphatic carbocycles. The fourth-order valence-corrected chi connectivity index (χ4v) is 1.35. The molecule has 6 heteroatoms. The fraction of sp³-hybridized carbons (Fsp3) is 0.167. The van der Waals surface area contributed by atoms with E-state index in [-0.39, 0.29) is 10.6 Å². The first-order valence-electron chi connectivity index (χ1n) is 3.10. The molecule has 0 aliphatic heterocycles.